The molecule has 0 spiro atoms. The van der Waals surface area contributed by atoms with Gasteiger partial charge in [0, 0.05) is 19.2 Å². The van der Waals surface area contributed by atoms with E-state index >= 15 is 0 Å². The normalized spacial score (nSPS) is 19.6. The van der Waals surface area contributed by atoms with Crippen molar-refractivity contribution in [3.63, 3.8) is 0 Å². The topological polar surface area (TPSA) is 58.4 Å². The number of anilines is 1. The molecule has 1 fully saturated rings. The van der Waals surface area contributed by atoms with Crippen LogP contribution in [0.25, 0.3) is 0 Å². The molecule has 1 saturated heterocycles. The number of nitrogens with zero attached hydrogens (tertiary/aromatic N) is 2. The molecule has 2 rings (SSSR count). The van der Waals surface area contributed by atoms with E-state index in [0.29, 0.717) is 11.6 Å². The van der Waals surface area contributed by atoms with Crippen molar-refractivity contribution < 1.29 is 4.92 Å². The molecule has 1 unspecified atom stereocenters. The van der Waals surface area contributed by atoms with E-state index in [1.807, 2.05) is 13.0 Å². The zero-order valence-electron chi connectivity index (χ0n) is 11.6. The van der Waals surface area contributed by atoms with Gasteiger partial charge in [-0.1, -0.05) is 19.1 Å². The Balaban J connectivity index is 2.02. The molecule has 19 heavy (non-hydrogen) atoms. The van der Waals surface area contributed by atoms with E-state index in [4.69, 9.17) is 0 Å². The third kappa shape index (κ3) is 3.23. The molecule has 5 nitrogen and oxygen atoms in total. The lowest BCUT2D eigenvalue weighted by Gasteiger charge is -2.15. The average Bonchev–Trinajstić information content (AvgIpc) is 2.85. The lowest BCUT2D eigenvalue weighted by molar-refractivity contribution is -0.384. The zero-order chi connectivity index (χ0) is 13.8. The van der Waals surface area contributed by atoms with Crippen LogP contribution in [0.2, 0.25) is 0 Å². The second kappa shape index (κ2) is 6.02. The highest BCUT2D eigenvalue weighted by Gasteiger charge is 2.22. The van der Waals surface area contributed by atoms with Crippen LogP contribution in [0.4, 0.5) is 11.4 Å². The Morgan fingerprint density at radius 3 is 2.95 bits per heavy atom. The van der Waals surface area contributed by atoms with Crippen molar-refractivity contribution >= 4 is 11.4 Å². The van der Waals surface area contributed by atoms with Gasteiger partial charge in [0.15, 0.2) is 0 Å². The van der Waals surface area contributed by atoms with Gasteiger partial charge in [-0.3, -0.25) is 10.1 Å². The molecule has 1 aromatic carbocycles. The standard InChI is InChI=1S/C14H21N3O2/c1-3-16-8-7-12(10-16)9-15-14-11(2)5-4-6-13(14)17(18)19/h4-6,12,15H,3,7-10H2,1-2H3. The molecule has 104 valence electrons. The van der Waals surface area contributed by atoms with Crippen LogP contribution in [0.3, 0.4) is 0 Å². The maximum absolute atomic E-state index is 11.0. The molecule has 1 aromatic rings. The Labute approximate surface area is 113 Å². The number of hydrogen-bond donors (Lipinski definition) is 1. The fourth-order valence-electron chi connectivity index (χ4n) is 2.65. The lowest BCUT2D eigenvalue weighted by Crippen LogP contribution is -2.22. The van der Waals surface area contributed by atoms with Gasteiger partial charge in [0.05, 0.1) is 4.92 Å². The molecule has 1 atom stereocenters. The number of hydrogen-bond acceptors (Lipinski definition) is 4. The zero-order valence-corrected chi connectivity index (χ0v) is 11.6. The van der Waals surface area contributed by atoms with Crippen LogP contribution in [0, 0.1) is 23.0 Å². The van der Waals surface area contributed by atoms with Gasteiger partial charge in [0.25, 0.3) is 5.69 Å². The minimum Gasteiger partial charge on any atom is -0.379 e. The van der Waals surface area contributed by atoms with E-state index in [0.717, 1.165) is 31.7 Å². The van der Waals surface area contributed by atoms with Crippen LogP contribution >= 0.6 is 0 Å². The summed E-state index contributed by atoms with van der Waals surface area (Å²) in [4.78, 5) is 13.1. The number of para-hydroxylation sites is 1. The number of rotatable bonds is 5. The fraction of sp³-hybridized carbons (Fsp3) is 0.571. The summed E-state index contributed by atoms with van der Waals surface area (Å²) in [6, 6.07) is 5.19. The number of nitro groups is 1. The van der Waals surface area contributed by atoms with E-state index in [1.165, 1.54) is 6.42 Å². The predicted molar refractivity (Wildman–Crippen MR) is 76.5 cm³/mol. The Morgan fingerprint density at radius 2 is 2.32 bits per heavy atom. The average molecular weight is 263 g/mol. The lowest BCUT2D eigenvalue weighted by atomic mass is 10.1. The van der Waals surface area contributed by atoms with Crippen molar-refractivity contribution in [1.29, 1.82) is 0 Å². The summed E-state index contributed by atoms with van der Waals surface area (Å²) in [7, 11) is 0. The highest BCUT2D eigenvalue weighted by atomic mass is 16.6. The Kier molecular flexibility index (Phi) is 4.37. The number of aryl methyl sites for hydroxylation is 1. The van der Waals surface area contributed by atoms with Crippen molar-refractivity contribution in [2.75, 3.05) is 31.5 Å². The van der Waals surface area contributed by atoms with E-state index in [-0.39, 0.29) is 10.6 Å². The summed E-state index contributed by atoms with van der Waals surface area (Å²) >= 11 is 0. The highest BCUT2D eigenvalue weighted by Crippen LogP contribution is 2.28. The number of nitrogens with one attached hydrogen (secondary N) is 1. The molecule has 1 N–H and O–H groups in total. The largest absolute Gasteiger partial charge is 0.379 e. The molecule has 0 radical (unpaired) electrons. The molecular formula is C14H21N3O2. The van der Waals surface area contributed by atoms with Gasteiger partial charge in [-0.2, -0.15) is 0 Å². The van der Waals surface area contributed by atoms with Gasteiger partial charge < -0.3 is 10.2 Å². The second-order valence-corrected chi connectivity index (χ2v) is 5.15. The van der Waals surface area contributed by atoms with Gasteiger partial charge in [0.2, 0.25) is 0 Å². The van der Waals surface area contributed by atoms with Crippen molar-refractivity contribution in [3.05, 3.63) is 33.9 Å². The SMILES string of the molecule is CCN1CCC(CNc2c(C)cccc2[N+](=O)[O-])C1. The summed E-state index contributed by atoms with van der Waals surface area (Å²) in [5.74, 6) is 0.583. The minimum absolute atomic E-state index is 0.172. The first-order valence-electron chi connectivity index (χ1n) is 6.82. The van der Waals surface area contributed by atoms with Crippen molar-refractivity contribution in [2.24, 2.45) is 5.92 Å². The third-order valence-electron chi connectivity index (χ3n) is 3.83. The predicted octanol–water partition coefficient (Wildman–Crippen LogP) is 2.66. The smallest absolute Gasteiger partial charge is 0.292 e. The molecule has 0 saturated carbocycles. The number of benzene rings is 1. The fourth-order valence-corrected chi connectivity index (χ4v) is 2.65. The van der Waals surface area contributed by atoms with Crippen LogP contribution in [-0.2, 0) is 0 Å². The van der Waals surface area contributed by atoms with Gasteiger partial charge in [0.1, 0.15) is 5.69 Å². The van der Waals surface area contributed by atoms with Crippen LogP contribution in [0.1, 0.15) is 18.9 Å². The molecular weight excluding hydrogens is 242 g/mol. The van der Waals surface area contributed by atoms with Gasteiger partial charge in [-0.15, -0.1) is 0 Å². The van der Waals surface area contributed by atoms with Crippen LogP contribution < -0.4 is 5.32 Å². The number of nitro benzene ring substituents is 1. The van der Waals surface area contributed by atoms with Crippen LogP contribution in [0.5, 0.6) is 0 Å². The summed E-state index contributed by atoms with van der Waals surface area (Å²) in [5.41, 5.74) is 1.77. The first-order chi connectivity index (χ1) is 9.11. The summed E-state index contributed by atoms with van der Waals surface area (Å²) in [6.07, 6.45) is 1.17. The highest BCUT2D eigenvalue weighted by molar-refractivity contribution is 5.65. The Morgan fingerprint density at radius 1 is 1.53 bits per heavy atom. The molecule has 0 aliphatic carbocycles. The van der Waals surface area contributed by atoms with E-state index < -0.39 is 0 Å². The van der Waals surface area contributed by atoms with Crippen LogP contribution in [0.15, 0.2) is 18.2 Å². The molecule has 0 aromatic heterocycles. The first kappa shape index (κ1) is 13.8. The third-order valence-corrected chi connectivity index (χ3v) is 3.83. The van der Waals surface area contributed by atoms with Gasteiger partial charge in [-0.05, 0) is 37.9 Å². The summed E-state index contributed by atoms with van der Waals surface area (Å²) in [6.45, 7) is 8.19. The van der Waals surface area contributed by atoms with E-state index in [9.17, 15) is 10.1 Å². The van der Waals surface area contributed by atoms with E-state index in [2.05, 4.69) is 17.1 Å². The monoisotopic (exact) mass is 263 g/mol. The molecule has 1 aliphatic rings. The summed E-state index contributed by atoms with van der Waals surface area (Å²) in [5, 5.41) is 14.3. The second-order valence-electron chi connectivity index (χ2n) is 5.15. The maximum Gasteiger partial charge on any atom is 0.292 e. The molecule has 0 bridgehead atoms. The minimum atomic E-state index is -0.317. The van der Waals surface area contributed by atoms with E-state index in [1.54, 1.807) is 12.1 Å². The first-order valence-corrected chi connectivity index (χ1v) is 6.82. The van der Waals surface area contributed by atoms with Crippen molar-refractivity contribution in [3.8, 4) is 0 Å². The number of likely N-dealkylation sites (tertiary alicyclic amines) is 1. The van der Waals surface area contributed by atoms with Crippen molar-refractivity contribution in [1.82, 2.24) is 4.90 Å². The molecule has 1 heterocycles. The quantitative estimate of drug-likeness (QED) is 0.655. The molecule has 0 amide bonds. The van der Waals surface area contributed by atoms with Gasteiger partial charge in [-0.25, -0.2) is 0 Å². The summed E-state index contributed by atoms with van der Waals surface area (Å²) < 4.78 is 0. The molecule has 5 heteroatoms. The Hall–Kier alpha value is -1.62. The molecule has 1 aliphatic heterocycles. The van der Waals surface area contributed by atoms with Crippen molar-refractivity contribution in [2.45, 2.75) is 20.3 Å². The van der Waals surface area contributed by atoms with Gasteiger partial charge >= 0.3 is 0 Å². The maximum atomic E-state index is 11.0. The van der Waals surface area contributed by atoms with Crippen LogP contribution in [-0.4, -0.2) is 36.0 Å². The Bertz CT molecular complexity index is 462.